The van der Waals surface area contributed by atoms with Crippen molar-refractivity contribution in [2.24, 2.45) is 17.8 Å². The number of amides is 4. The zero-order chi connectivity index (χ0) is 41.6. The number of carbonyl (C=O) groups is 4. The maximum Gasteiger partial charge on any atom is 0.259 e. The third-order valence-electron chi connectivity index (χ3n) is 12.1. The molecule has 2 aliphatic heterocycles. The first-order valence-corrected chi connectivity index (χ1v) is 21.0. The lowest BCUT2D eigenvalue weighted by Gasteiger charge is -2.33. The Hall–Kier alpha value is -5.32. The molecule has 0 spiro atoms. The molecule has 3 aromatic rings. The lowest BCUT2D eigenvalue weighted by Crippen LogP contribution is -2.59. The third kappa shape index (κ3) is 7.92. The number of carbonyl (C=O) groups excluding carboxylic acids is 4. The summed E-state index contributed by atoms with van der Waals surface area (Å²) in [5, 5.41) is 6.87. The Morgan fingerprint density at radius 2 is 1.83 bits per heavy atom. The van der Waals surface area contributed by atoms with Crippen LogP contribution in [0.15, 0.2) is 55.0 Å². The number of ether oxygens (including phenoxy) is 3. The van der Waals surface area contributed by atoms with E-state index in [1.807, 2.05) is 26.0 Å². The van der Waals surface area contributed by atoms with E-state index in [0.29, 0.717) is 54.4 Å². The Morgan fingerprint density at radius 1 is 1.05 bits per heavy atom. The largest absolute Gasteiger partial charge is 0.497 e. The molecule has 2 saturated carbocycles. The van der Waals surface area contributed by atoms with E-state index in [1.54, 1.807) is 32.2 Å². The molecule has 0 radical (unpaired) electrons. The minimum absolute atomic E-state index is 0.0397. The summed E-state index contributed by atoms with van der Waals surface area (Å²) in [6.45, 7) is 5.31. The van der Waals surface area contributed by atoms with Crippen LogP contribution in [0.1, 0.15) is 76.1 Å². The van der Waals surface area contributed by atoms with Crippen LogP contribution in [0.4, 0.5) is 4.39 Å². The predicted molar refractivity (Wildman–Crippen MR) is 210 cm³/mol. The number of methoxy groups -OCH3 is 2. The van der Waals surface area contributed by atoms with Gasteiger partial charge in [-0.1, -0.05) is 26.0 Å². The maximum absolute atomic E-state index is 14.9. The van der Waals surface area contributed by atoms with Crippen LogP contribution in [0.3, 0.4) is 0 Å². The van der Waals surface area contributed by atoms with Crippen LogP contribution < -0.4 is 29.6 Å². The molecule has 7 atom stereocenters. The molecular formula is C41H49FN6O9S. The van der Waals surface area contributed by atoms with Gasteiger partial charge >= 0.3 is 0 Å². The topological polar surface area (TPSA) is 195 Å². The fraction of sp³-hybridized carbons (Fsp3) is 0.512. The van der Waals surface area contributed by atoms with Gasteiger partial charge in [0, 0.05) is 29.3 Å². The number of hydrogen-bond donors (Lipinski definition) is 3. The fourth-order valence-electron chi connectivity index (χ4n) is 8.09. The Bertz CT molecular complexity index is 2270. The molecule has 310 valence electrons. The number of fused-ring (bicyclic) bond motifs is 3. The second kappa shape index (κ2) is 15.8. The van der Waals surface area contributed by atoms with Crippen molar-refractivity contribution in [3.05, 3.63) is 66.4 Å². The van der Waals surface area contributed by atoms with Crippen molar-refractivity contribution >= 4 is 44.4 Å². The Labute approximate surface area is 336 Å². The molecule has 3 N–H and O–H groups in total. The molecule has 58 heavy (non-hydrogen) atoms. The first kappa shape index (κ1) is 40.9. The molecule has 4 heterocycles. The van der Waals surface area contributed by atoms with Gasteiger partial charge in [-0.2, -0.15) is 0 Å². The summed E-state index contributed by atoms with van der Waals surface area (Å²) in [6, 6.07) is 4.08. The number of pyridine rings is 2. The quantitative estimate of drug-likeness (QED) is 0.266. The first-order valence-electron chi connectivity index (χ1n) is 19.5. The van der Waals surface area contributed by atoms with E-state index in [4.69, 9.17) is 14.2 Å². The second-order valence-electron chi connectivity index (χ2n) is 16.3. The Kier molecular flexibility index (Phi) is 11.1. The van der Waals surface area contributed by atoms with Gasteiger partial charge in [0.1, 0.15) is 35.2 Å². The number of sulfonamides is 1. The van der Waals surface area contributed by atoms with Gasteiger partial charge in [0.05, 0.1) is 43.5 Å². The Morgan fingerprint density at radius 3 is 2.53 bits per heavy atom. The highest BCUT2D eigenvalue weighted by atomic mass is 32.2. The fourth-order valence-corrected chi connectivity index (χ4v) is 9.40. The van der Waals surface area contributed by atoms with E-state index in [1.165, 1.54) is 30.5 Å². The summed E-state index contributed by atoms with van der Waals surface area (Å²) in [6.07, 6.45) is 9.41. The highest BCUT2D eigenvalue weighted by Crippen LogP contribution is 2.48. The average molecular weight is 821 g/mol. The predicted octanol–water partition coefficient (Wildman–Crippen LogP) is 3.82. The zero-order valence-corrected chi connectivity index (χ0v) is 33.9. The number of rotatable bonds is 9. The third-order valence-corrected chi connectivity index (χ3v) is 14.2. The minimum atomic E-state index is -4.04. The molecule has 17 heteroatoms. The van der Waals surface area contributed by atoms with E-state index >= 15 is 0 Å². The van der Waals surface area contributed by atoms with Crippen molar-refractivity contribution in [1.29, 1.82) is 0 Å². The maximum atomic E-state index is 14.9. The molecule has 1 saturated heterocycles. The summed E-state index contributed by atoms with van der Waals surface area (Å²) in [4.78, 5) is 66.6. The normalized spacial score (nSPS) is 28.2. The van der Waals surface area contributed by atoms with Crippen LogP contribution in [0, 0.1) is 23.6 Å². The molecule has 0 bridgehead atoms. The van der Waals surface area contributed by atoms with E-state index in [2.05, 4.69) is 25.3 Å². The average Bonchev–Trinajstić information content (AvgIpc) is 4.08. The van der Waals surface area contributed by atoms with Crippen LogP contribution in [0.2, 0.25) is 0 Å². The molecule has 1 aromatic carbocycles. The number of hydrogen-bond acceptors (Lipinski definition) is 11. The van der Waals surface area contributed by atoms with Gasteiger partial charge in [-0.3, -0.25) is 28.9 Å². The van der Waals surface area contributed by atoms with E-state index in [-0.39, 0.29) is 36.7 Å². The van der Waals surface area contributed by atoms with Gasteiger partial charge in [-0.15, -0.1) is 0 Å². The van der Waals surface area contributed by atoms with E-state index in [0.717, 1.165) is 6.20 Å². The van der Waals surface area contributed by atoms with Crippen molar-refractivity contribution in [2.75, 3.05) is 20.8 Å². The minimum Gasteiger partial charge on any atom is -0.497 e. The number of aromatic nitrogens is 2. The number of allylic oxidation sites excluding steroid dienone is 1. The molecule has 7 rings (SSSR count). The molecule has 4 aliphatic rings. The summed E-state index contributed by atoms with van der Waals surface area (Å²) in [5.74, 6) is -3.45. The van der Waals surface area contributed by atoms with Gasteiger partial charge in [-0.25, -0.2) is 17.8 Å². The van der Waals surface area contributed by atoms with Crippen molar-refractivity contribution in [1.82, 2.24) is 30.2 Å². The van der Waals surface area contributed by atoms with Gasteiger partial charge in [0.2, 0.25) is 27.7 Å². The molecule has 2 aromatic heterocycles. The van der Waals surface area contributed by atoms with Crippen molar-refractivity contribution in [3.8, 4) is 17.4 Å². The molecule has 2 aliphatic carbocycles. The summed E-state index contributed by atoms with van der Waals surface area (Å²) < 4.78 is 59.8. The SMILES string of the molecule is COc1ccc2c(O[C@@H]3C[C@H]4C(=O)N[C@]5(C(=O)NS(=O)(=O)C6(C)CC6)C[C@H]5C=CCC[C@@H](C)C[C@@H](C)[C@H](NC(=O)c5ccncc5F)C(=O)N4C3)ncc(OC)c2c1. The molecule has 4 amide bonds. The van der Waals surface area contributed by atoms with Gasteiger partial charge in [0.25, 0.3) is 11.8 Å². The van der Waals surface area contributed by atoms with Gasteiger partial charge < -0.3 is 29.7 Å². The van der Waals surface area contributed by atoms with Crippen molar-refractivity contribution < 1.29 is 46.2 Å². The molecular weight excluding hydrogens is 772 g/mol. The summed E-state index contributed by atoms with van der Waals surface area (Å²) in [5.41, 5.74) is -1.88. The Balaban J connectivity index is 1.25. The first-order chi connectivity index (χ1) is 27.6. The lowest BCUT2D eigenvalue weighted by molar-refractivity contribution is -0.142. The smallest absolute Gasteiger partial charge is 0.259 e. The van der Waals surface area contributed by atoms with Crippen molar-refractivity contribution in [2.45, 2.75) is 94.2 Å². The number of nitrogens with zero attached hydrogens (tertiary/aromatic N) is 3. The lowest BCUT2D eigenvalue weighted by atomic mass is 9.87. The van der Waals surface area contributed by atoms with Gasteiger partial charge in [-0.05, 0) is 81.5 Å². The zero-order valence-electron chi connectivity index (χ0n) is 33.1. The molecule has 3 fully saturated rings. The number of nitrogens with one attached hydrogen (secondary N) is 3. The van der Waals surface area contributed by atoms with Gasteiger partial charge in [0.15, 0.2) is 5.82 Å². The highest BCUT2D eigenvalue weighted by molar-refractivity contribution is 7.91. The van der Waals surface area contributed by atoms with Crippen molar-refractivity contribution in [3.63, 3.8) is 0 Å². The highest BCUT2D eigenvalue weighted by Gasteiger charge is 2.63. The summed E-state index contributed by atoms with van der Waals surface area (Å²) >= 11 is 0. The number of halogens is 1. The molecule has 15 nitrogen and oxygen atoms in total. The van der Waals surface area contributed by atoms with Crippen LogP contribution in [0.5, 0.6) is 17.4 Å². The standard InChI is InChI=1S/C41H49FN6O9S/c1-23-8-6-7-9-25-19-41(25,39(52)47-58(53,54)40(3)13-14-40)46-36(50)32-18-27(57-37-28-11-10-26(55-4)17-30(28)33(56-5)21-44-37)22-48(32)38(51)34(24(2)16-23)45-35(49)29-12-15-43-20-31(29)42/h7,9-12,15,17,20-21,23-25,27,32,34H,6,8,13-14,16,18-19,22H2,1-5H3,(H,45,49)(H,46,50)(H,47,52)/t23-,24-,25-,27-,32+,34+,41-/m1/s1. The second-order valence-corrected chi connectivity index (χ2v) is 18.5. The molecule has 0 unspecified atom stereocenters. The monoisotopic (exact) mass is 820 g/mol. The van der Waals surface area contributed by atoms with E-state index < -0.39 is 79.8 Å². The van der Waals surface area contributed by atoms with Crippen LogP contribution in [0.25, 0.3) is 10.8 Å². The van der Waals surface area contributed by atoms with Crippen LogP contribution in [-0.2, 0) is 24.4 Å². The van der Waals surface area contributed by atoms with Crippen LogP contribution >= 0.6 is 0 Å². The van der Waals surface area contributed by atoms with Crippen LogP contribution in [-0.4, -0.2) is 96.2 Å². The van der Waals surface area contributed by atoms with E-state index in [9.17, 15) is 32.0 Å². The number of benzene rings is 1. The summed E-state index contributed by atoms with van der Waals surface area (Å²) in [7, 11) is -0.988.